The molecule has 0 unspecified atom stereocenters. The van der Waals surface area contributed by atoms with Crippen molar-refractivity contribution in [2.24, 2.45) is 0 Å². The second kappa shape index (κ2) is 6.52. The number of nitrogens with one attached hydrogen (secondary N) is 1. The van der Waals surface area contributed by atoms with Crippen LogP contribution in [0.1, 0.15) is 28.0 Å². The first kappa shape index (κ1) is 16.3. The van der Waals surface area contributed by atoms with Crippen LogP contribution in [0.2, 0.25) is 0 Å². The third kappa shape index (κ3) is 2.94. The van der Waals surface area contributed by atoms with Crippen molar-refractivity contribution >= 4 is 39.0 Å². The zero-order valence-corrected chi connectivity index (χ0v) is 14.3. The second-order valence-electron chi connectivity index (χ2n) is 5.18. The molecule has 0 atom stereocenters. The van der Waals surface area contributed by atoms with Gasteiger partial charge in [0.05, 0.1) is 17.7 Å². The minimum Gasteiger partial charge on any atom is -0.462 e. The number of benzene rings is 1. The van der Waals surface area contributed by atoms with Crippen molar-refractivity contribution in [3.8, 4) is 0 Å². The number of carbonyl (C=O) groups excluding carboxylic acids is 1. The number of aryl methyl sites for hydroxylation is 2. The number of rotatable bonds is 4. The molecule has 0 amide bonds. The summed E-state index contributed by atoms with van der Waals surface area (Å²) >= 11 is 1.26. The van der Waals surface area contributed by atoms with Crippen molar-refractivity contribution in [3.63, 3.8) is 0 Å². The van der Waals surface area contributed by atoms with Crippen LogP contribution in [0, 0.1) is 19.7 Å². The molecule has 7 heteroatoms. The SMILES string of the molecule is CCOC(=O)c1sc2nc(C)nc(Nc3ccccc3F)c2c1C. The molecule has 3 rings (SSSR count). The van der Waals surface area contributed by atoms with Crippen molar-refractivity contribution in [1.29, 1.82) is 0 Å². The first-order valence-electron chi connectivity index (χ1n) is 7.47. The summed E-state index contributed by atoms with van der Waals surface area (Å²) in [5.41, 5.74) is 1.05. The number of aromatic nitrogens is 2. The van der Waals surface area contributed by atoms with Crippen molar-refractivity contribution in [1.82, 2.24) is 9.97 Å². The lowest BCUT2D eigenvalue weighted by Crippen LogP contribution is -2.04. The van der Waals surface area contributed by atoms with Gasteiger partial charge in [-0.25, -0.2) is 19.2 Å². The number of esters is 1. The molecule has 0 saturated carbocycles. The number of hydrogen-bond donors (Lipinski definition) is 1. The highest BCUT2D eigenvalue weighted by atomic mass is 32.1. The summed E-state index contributed by atoms with van der Waals surface area (Å²) in [4.78, 5) is 22.0. The van der Waals surface area contributed by atoms with Crippen LogP contribution in [-0.4, -0.2) is 22.5 Å². The molecule has 0 aliphatic heterocycles. The van der Waals surface area contributed by atoms with Gasteiger partial charge in [-0.05, 0) is 38.5 Å². The van der Waals surface area contributed by atoms with Crippen LogP contribution in [-0.2, 0) is 4.74 Å². The van der Waals surface area contributed by atoms with Crippen molar-refractivity contribution in [2.75, 3.05) is 11.9 Å². The molecule has 1 N–H and O–H groups in total. The van der Waals surface area contributed by atoms with E-state index in [0.29, 0.717) is 39.0 Å². The Kier molecular flexibility index (Phi) is 4.44. The number of para-hydroxylation sites is 1. The molecule has 2 aromatic heterocycles. The van der Waals surface area contributed by atoms with E-state index < -0.39 is 0 Å². The molecular formula is C17H16FN3O2S. The van der Waals surface area contributed by atoms with Gasteiger partial charge >= 0.3 is 5.97 Å². The maximum Gasteiger partial charge on any atom is 0.348 e. The van der Waals surface area contributed by atoms with E-state index in [1.807, 2.05) is 6.92 Å². The smallest absolute Gasteiger partial charge is 0.348 e. The summed E-state index contributed by atoms with van der Waals surface area (Å²) in [5, 5.41) is 3.72. The standard InChI is InChI=1S/C17H16FN3O2S/c1-4-23-17(22)14-9(2)13-15(19-10(3)20-16(13)24-14)21-12-8-6-5-7-11(12)18/h5-8H,4H2,1-3H3,(H,19,20,21). The van der Waals surface area contributed by atoms with Gasteiger partial charge < -0.3 is 10.1 Å². The summed E-state index contributed by atoms with van der Waals surface area (Å²) < 4.78 is 19.0. The lowest BCUT2D eigenvalue weighted by Gasteiger charge is -2.09. The molecule has 24 heavy (non-hydrogen) atoms. The molecule has 5 nitrogen and oxygen atoms in total. The van der Waals surface area contributed by atoms with E-state index in [1.54, 1.807) is 32.0 Å². The van der Waals surface area contributed by atoms with Gasteiger partial charge in [0, 0.05) is 0 Å². The van der Waals surface area contributed by atoms with Crippen LogP contribution in [0.15, 0.2) is 24.3 Å². The van der Waals surface area contributed by atoms with Crippen molar-refractivity contribution in [3.05, 3.63) is 46.3 Å². The number of hydrogen-bond acceptors (Lipinski definition) is 6. The Morgan fingerprint density at radius 3 is 2.75 bits per heavy atom. The Bertz CT molecular complexity index is 924. The number of carbonyl (C=O) groups is 1. The van der Waals surface area contributed by atoms with E-state index in [1.165, 1.54) is 17.4 Å². The Hall–Kier alpha value is -2.54. The molecule has 0 spiro atoms. The zero-order valence-electron chi connectivity index (χ0n) is 13.5. The Balaban J connectivity index is 2.14. The number of halogens is 1. The molecule has 3 aromatic rings. The molecule has 124 valence electrons. The number of thiophene rings is 1. The molecule has 2 heterocycles. The van der Waals surface area contributed by atoms with Crippen LogP contribution in [0.3, 0.4) is 0 Å². The van der Waals surface area contributed by atoms with E-state index in [2.05, 4.69) is 15.3 Å². The molecule has 0 fully saturated rings. The van der Waals surface area contributed by atoms with Gasteiger partial charge in [0.25, 0.3) is 0 Å². The Morgan fingerprint density at radius 1 is 1.29 bits per heavy atom. The lowest BCUT2D eigenvalue weighted by atomic mass is 10.2. The van der Waals surface area contributed by atoms with Gasteiger partial charge in [-0.15, -0.1) is 11.3 Å². The average Bonchev–Trinajstić information content (AvgIpc) is 2.86. The predicted molar refractivity (Wildman–Crippen MR) is 92.5 cm³/mol. The maximum atomic E-state index is 13.9. The molecule has 0 aliphatic rings. The van der Waals surface area contributed by atoms with Gasteiger partial charge in [0.2, 0.25) is 0 Å². The third-order valence-corrected chi connectivity index (χ3v) is 4.66. The number of nitrogens with zero attached hydrogens (tertiary/aromatic N) is 2. The van der Waals surface area contributed by atoms with Crippen LogP contribution in [0.25, 0.3) is 10.2 Å². The van der Waals surface area contributed by atoms with Crippen molar-refractivity contribution < 1.29 is 13.9 Å². The maximum absolute atomic E-state index is 13.9. The van der Waals surface area contributed by atoms with E-state index in [9.17, 15) is 9.18 Å². The number of fused-ring (bicyclic) bond motifs is 1. The van der Waals surface area contributed by atoms with E-state index >= 15 is 0 Å². The minimum absolute atomic E-state index is 0.303. The fourth-order valence-electron chi connectivity index (χ4n) is 2.42. The summed E-state index contributed by atoms with van der Waals surface area (Å²) in [6.45, 7) is 5.63. The molecular weight excluding hydrogens is 329 g/mol. The van der Waals surface area contributed by atoms with Gasteiger partial charge in [-0.3, -0.25) is 0 Å². The first-order valence-corrected chi connectivity index (χ1v) is 8.29. The molecule has 0 radical (unpaired) electrons. The number of ether oxygens (including phenoxy) is 1. The summed E-state index contributed by atoms with van der Waals surface area (Å²) in [7, 11) is 0. The molecule has 0 bridgehead atoms. The fourth-order valence-corrected chi connectivity index (χ4v) is 3.54. The topological polar surface area (TPSA) is 64.1 Å². The van der Waals surface area contributed by atoms with Gasteiger partial charge in [0.15, 0.2) is 0 Å². The zero-order chi connectivity index (χ0) is 17.3. The van der Waals surface area contributed by atoms with E-state index in [-0.39, 0.29) is 11.8 Å². The predicted octanol–water partition coefficient (Wildman–Crippen LogP) is 4.37. The van der Waals surface area contributed by atoms with Crippen LogP contribution in [0.5, 0.6) is 0 Å². The monoisotopic (exact) mass is 345 g/mol. The largest absolute Gasteiger partial charge is 0.462 e. The Morgan fingerprint density at radius 2 is 2.04 bits per heavy atom. The van der Waals surface area contributed by atoms with Crippen molar-refractivity contribution in [2.45, 2.75) is 20.8 Å². The second-order valence-corrected chi connectivity index (χ2v) is 6.18. The fraction of sp³-hybridized carbons (Fsp3) is 0.235. The third-order valence-electron chi connectivity index (χ3n) is 3.49. The highest BCUT2D eigenvalue weighted by molar-refractivity contribution is 7.20. The minimum atomic E-state index is -0.382. The summed E-state index contributed by atoms with van der Waals surface area (Å²) in [5.74, 6) is 0.262. The molecule has 0 aliphatic carbocycles. The normalized spacial score (nSPS) is 10.8. The van der Waals surface area contributed by atoms with E-state index in [4.69, 9.17) is 4.74 Å². The highest BCUT2D eigenvalue weighted by Gasteiger charge is 2.21. The van der Waals surface area contributed by atoms with Gasteiger partial charge in [-0.1, -0.05) is 12.1 Å². The first-order chi connectivity index (χ1) is 11.5. The molecule has 0 saturated heterocycles. The van der Waals surface area contributed by atoms with Gasteiger partial charge in [0.1, 0.15) is 27.2 Å². The van der Waals surface area contributed by atoms with Crippen LogP contribution < -0.4 is 5.32 Å². The molecule has 1 aromatic carbocycles. The number of anilines is 2. The van der Waals surface area contributed by atoms with Crippen LogP contribution >= 0.6 is 11.3 Å². The highest BCUT2D eigenvalue weighted by Crippen LogP contribution is 2.35. The summed E-state index contributed by atoms with van der Waals surface area (Å²) in [6.07, 6.45) is 0. The lowest BCUT2D eigenvalue weighted by molar-refractivity contribution is 0.0531. The van der Waals surface area contributed by atoms with Gasteiger partial charge in [-0.2, -0.15) is 0 Å². The quantitative estimate of drug-likeness (QED) is 0.712. The van der Waals surface area contributed by atoms with E-state index in [0.717, 1.165) is 5.56 Å². The average molecular weight is 345 g/mol. The summed E-state index contributed by atoms with van der Waals surface area (Å²) in [6, 6.07) is 6.36. The van der Waals surface area contributed by atoms with Crippen LogP contribution in [0.4, 0.5) is 15.9 Å². The Labute approximate surface area is 142 Å².